The van der Waals surface area contributed by atoms with Gasteiger partial charge in [0.25, 0.3) is 0 Å². The molecule has 0 bridgehead atoms. The molecule has 9 heavy (non-hydrogen) atoms. The van der Waals surface area contributed by atoms with E-state index in [-0.39, 0.29) is 18.5 Å². The van der Waals surface area contributed by atoms with Gasteiger partial charge in [0.05, 0.1) is 0 Å². The summed E-state index contributed by atoms with van der Waals surface area (Å²) < 4.78 is 0. The van der Waals surface area contributed by atoms with Crippen LogP contribution in [0.5, 0.6) is 0 Å². The number of rotatable bonds is 0. The van der Waals surface area contributed by atoms with Crippen molar-refractivity contribution in [2.24, 2.45) is 0 Å². The highest BCUT2D eigenvalue weighted by Gasteiger charge is 2.29. The first-order chi connectivity index (χ1) is 4.13. The molecule has 1 saturated heterocycles. The number of urea groups is 1. The van der Waals surface area contributed by atoms with Gasteiger partial charge in [-0.1, -0.05) is 0 Å². The van der Waals surface area contributed by atoms with Crippen molar-refractivity contribution in [3.8, 4) is 0 Å². The van der Waals surface area contributed by atoms with Gasteiger partial charge in [0.2, 0.25) is 5.91 Å². The molecule has 0 aromatic carbocycles. The number of nitrogens with zero attached hydrogens (tertiary/aromatic N) is 2. The maximum Gasteiger partial charge on any atom is 0.327 e. The van der Waals surface area contributed by atoms with E-state index in [0.29, 0.717) is 0 Å². The molecule has 0 spiro atoms. The van der Waals surface area contributed by atoms with Gasteiger partial charge >= 0.3 is 6.03 Å². The van der Waals surface area contributed by atoms with Crippen LogP contribution in [0.15, 0.2) is 0 Å². The van der Waals surface area contributed by atoms with Gasteiger partial charge in [-0.25, -0.2) is 4.79 Å². The molecule has 0 N–H and O–H groups in total. The van der Waals surface area contributed by atoms with Crippen molar-refractivity contribution < 1.29 is 9.59 Å². The van der Waals surface area contributed by atoms with Crippen LogP contribution in [-0.2, 0) is 4.79 Å². The lowest BCUT2D eigenvalue weighted by molar-refractivity contribution is -0.123. The molecule has 3 amide bonds. The third kappa shape index (κ3) is 0.759. The van der Waals surface area contributed by atoms with Crippen LogP contribution in [0.4, 0.5) is 4.79 Å². The van der Waals surface area contributed by atoms with Crippen LogP contribution in [-0.4, -0.2) is 35.3 Å². The van der Waals surface area contributed by atoms with Crippen LogP contribution in [0.1, 0.15) is 0 Å². The summed E-state index contributed by atoms with van der Waals surface area (Å²) in [5.74, 6) is -0.248. The Morgan fingerprint density at radius 3 is 2.22 bits per heavy atom. The highest BCUT2D eigenvalue weighted by atomic mass is 16.2. The van der Waals surface area contributed by atoms with Crippen molar-refractivity contribution in [3.63, 3.8) is 0 Å². The molecule has 0 unspecified atom stereocenters. The molecule has 1 fully saturated rings. The summed E-state index contributed by atoms with van der Waals surface area (Å²) in [7, 11) is 4.80. The predicted molar refractivity (Wildman–Crippen MR) is 30.2 cm³/mol. The molecule has 4 nitrogen and oxygen atoms in total. The molecule has 1 aliphatic rings. The van der Waals surface area contributed by atoms with Crippen molar-refractivity contribution >= 4 is 11.9 Å². The van der Waals surface area contributed by atoms with Crippen LogP contribution in [0.3, 0.4) is 0 Å². The Morgan fingerprint density at radius 1 is 1.56 bits per heavy atom. The maximum absolute atomic E-state index is 10.7. The van der Waals surface area contributed by atoms with Gasteiger partial charge in [-0.15, -0.1) is 0 Å². The Kier molecular flexibility index (Phi) is 1.16. The Balaban J connectivity index is 2.77. The summed E-state index contributed by atoms with van der Waals surface area (Å²) in [6, 6.07) is -0.333. The van der Waals surface area contributed by atoms with Crippen LogP contribution < -0.4 is 0 Å². The lowest BCUT2D eigenvalue weighted by Gasteiger charge is -2.05. The summed E-state index contributed by atoms with van der Waals surface area (Å²) in [6.07, 6.45) is 0. The average Bonchev–Trinajstić information content (AvgIpc) is 1.98. The Labute approximate surface area is 53.0 Å². The lowest BCUT2D eigenvalue weighted by Crippen LogP contribution is -2.25. The largest absolute Gasteiger partial charge is 0.327 e. The van der Waals surface area contributed by atoms with Crippen molar-refractivity contribution in [1.29, 1.82) is 0 Å². The second kappa shape index (κ2) is 1.72. The van der Waals surface area contributed by atoms with Gasteiger partial charge in [-0.3, -0.25) is 9.69 Å². The fraction of sp³-hybridized carbons (Fsp3) is 0.400. The van der Waals surface area contributed by atoms with E-state index in [9.17, 15) is 9.59 Å². The fourth-order valence-corrected chi connectivity index (χ4v) is 0.669. The van der Waals surface area contributed by atoms with Gasteiger partial charge in [0.1, 0.15) is 6.54 Å². The SMILES string of the molecule is [CH2]N1C(=O)CN(C)C1=O. The Bertz CT molecular complexity index is 166. The second-order valence-electron chi connectivity index (χ2n) is 1.96. The molecule has 0 saturated carbocycles. The number of likely N-dealkylation sites (N-methyl/N-ethyl adjacent to an activating group) is 1. The van der Waals surface area contributed by atoms with Crippen LogP contribution >= 0.6 is 0 Å². The molecule has 1 heterocycles. The van der Waals surface area contributed by atoms with Gasteiger partial charge in [0, 0.05) is 14.1 Å². The molecule has 49 valence electrons. The minimum atomic E-state index is -0.333. The van der Waals surface area contributed by atoms with Crippen molar-refractivity contribution in [3.05, 3.63) is 7.05 Å². The molecule has 0 atom stereocenters. The molecule has 0 aromatic heterocycles. The van der Waals surface area contributed by atoms with Gasteiger partial charge < -0.3 is 4.90 Å². The first-order valence-electron chi connectivity index (χ1n) is 2.51. The standard InChI is InChI=1S/C5H7N2O2/c1-6-3-4(8)7(2)5(6)9/h2-3H2,1H3. The Hall–Kier alpha value is -1.06. The molecular formula is C5H7N2O2. The molecule has 0 aromatic rings. The molecule has 1 radical (unpaired) electrons. The molecule has 0 aliphatic carbocycles. The number of amides is 3. The third-order valence-corrected chi connectivity index (χ3v) is 1.23. The van der Waals surface area contributed by atoms with E-state index in [4.69, 9.17) is 0 Å². The minimum absolute atomic E-state index is 0.155. The van der Waals surface area contributed by atoms with Crippen LogP contribution in [0.2, 0.25) is 0 Å². The predicted octanol–water partition coefficient (Wildman–Crippen LogP) is -0.328. The number of hydrogen-bond acceptors (Lipinski definition) is 2. The summed E-state index contributed by atoms with van der Waals surface area (Å²) in [4.78, 5) is 23.5. The Morgan fingerprint density at radius 2 is 2.11 bits per heavy atom. The van der Waals surface area contributed by atoms with Gasteiger partial charge in [-0.05, 0) is 0 Å². The van der Waals surface area contributed by atoms with Crippen molar-refractivity contribution in [2.45, 2.75) is 0 Å². The first-order valence-corrected chi connectivity index (χ1v) is 2.51. The van der Waals surface area contributed by atoms with E-state index in [1.807, 2.05) is 0 Å². The lowest BCUT2D eigenvalue weighted by atomic mass is 10.6. The van der Waals surface area contributed by atoms with Gasteiger partial charge in [0.15, 0.2) is 0 Å². The molecule has 4 heteroatoms. The second-order valence-corrected chi connectivity index (χ2v) is 1.96. The van der Waals surface area contributed by atoms with Crippen LogP contribution in [0, 0.1) is 7.05 Å². The van der Waals surface area contributed by atoms with E-state index < -0.39 is 0 Å². The fourth-order valence-electron chi connectivity index (χ4n) is 0.669. The number of carbonyl (C=O) groups excluding carboxylic acids is 2. The van der Waals surface area contributed by atoms with E-state index in [1.165, 1.54) is 4.90 Å². The topological polar surface area (TPSA) is 40.6 Å². The smallest absolute Gasteiger partial charge is 0.318 e. The summed E-state index contributed by atoms with van der Waals surface area (Å²) in [5.41, 5.74) is 0. The summed E-state index contributed by atoms with van der Waals surface area (Å²) >= 11 is 0. The van der Waals surface area contributed by atoms with Crippen molar-refractivity contribution in [1.82, 2.24) is 9.80 Å². The van der Waals surface area contributed by atoms with E-state index in [0.717, 1.165) is 4.90 Å². The summed E-state index contributed by atoms with van der Waals surface area (Å²) in [5, 5.41) is 0. The van der Waals surface area contributed by atoms with Gasteiger partial charge in [-0.2, -0.15) is 0 Å². The third-order valence-electron chi connectivity index (χ3n) is 1.23. The zero-order valence-electron chi connectivity index (χ0n) is 5.13. The van der Waals surface area contributed by atoms with E-state index >= 15 is 0 Å². The zero-order valence-corrected chi connectivity index (χ0v) is 5.13. The summed E-state index contributed by atoms with van der Waals surface area (Å²) in [6.45, 7) is 0.155. The quantitative estimate of drug-likeness (QED) is 0.418. The zero-order chi connectivity index (χ0) is 7.02. The minimum Gasteiger partial charge on any atom is -0.318 e. The number of imide groups is 1. The van der Waals surface area contributed by atoms with Crippen molar-refractivity contribution in [2.75, 3.05) is 13.6 Å². The molecule has 1 aliphatic heterocycles. The highest BCUT2D eigenvalue weighted by Crippen LogP contribution is 2.04. The van der Waals surface area contributed by atoms with Crippen LogP contribution in [0.25, 0.3) is 0 Å². The molecular weight excluding hydrogens is 120 g/mol. The monoisotopic (exact) mass is 127 g/mol. The van der Waals surface area contributed by atoms with E-state index in [1.54, 1.807) is 7.05 Å². The number of hydrogen-bond donors (Lipinski definition) is 0. The average molecular weight is 127 g/mol. The highest BCUT2D eigenvalue weighted by molar-refractivity contribution is 6.01. The first kappa shape index (κ1) is 6.07. The maximum atomic E-state index is 10.7. The number of carbonyl (C=O) groups is 2. The molecule has 1 rings (SSSR count). The normalized spacial score (nSPS) is 19.8. The van der Waals surface area contributed by atoms with E-state index in [2.05, 4.69) is 7.05 Å².